The number of halogens is 1. The van der Waals surface area contributed by atoms with Gasteiger partial charge in [-0.2, -0.15) is 5.26 Å². The van der Waals surface area contributed by atoms with E-state index in [4.69, 9.17) is 10.00 Å². The van der Waals surface area contributed by atoms with Crippen molar-refractivity contribution in [3.8, 4) is 11.8 Å². The highest BCUT2D eigenvalue weighted by molar-refractivity contribution is 7.14. The molecule has 0 spiro atoms. The molecule has 1 heterocycles. The van der Waals surface area contributed by atoms with E-state index in [0.717, 1.165) is 0 Å². The second-order valence-electron chi connectivity index (χ2n) is 5.47. The normalized spacial score (nSPS) is 10.1. The molecule has 1 N–H and O–H groups in total. The Balaban J connectivity index is 1.57. The predicted octanol–water partition coefficient (Wildman–Crippen LogP) is 4.01. The molecule has 0 fully saturated rings. The van der Waals surface area contributed by atoms with Crippen LogP contribution in [0, 0.1) is 17.1 Å². The minimum atomic E-state index is -0.405. The highest BCUT2D eigenvalue weighted by atomic mass is 32.1. The summed E-state index contributed by atoms with van der Waals surface area (Å²) in [6.07, 6.45) is 0. The second kappa shape index (κ2) is 8.25. The zero-order chi connectivity index (χ0) is 19.2. The van der Waals surface area contributed by atoms with Crippen LogP contribution in [0.5, 0.6) is 5.75 Å². The summed E-state index contributed by atoms with van der Waals surface area (Å²) in [6.45, 7) is -0.228. The molecule has 0 saturated carbocycles. The molecule has 0 radical (unpaired) electrons. The molecule has 27 heavy (non-hydrogen) atoms. The average molecular weight is 380 g/mol. The smallest absolute Gasteiger partial charge is 0.262 e. The summed E-state index contributed by atoms with van der Waals surface area (Å²) in [7, 11) is 0. The zero-order valence-corrected chi connectivity index (χ0v) is 14.8. The molecule has 0 bridgehead atoms. The van der Waals surface area contributed by atoms with Crippen LogP contribution in [-0.2, 0) is 4.79 Å². The number of carbonyl (C=O) groups is 2. The first-order chi connectivity index (χ1) is 13.1. The van der Waals surface area contributed by atoms with Gasteiger partial charge in [0.15, 0.2) is 12.4 Å². The number of hydrogen-bond donors (Lipinski definition) is 1. The molecule has 7 heteroatoms. The summed E-state index contributed by atoms with van der Waals surface area (Å²) in [6, 6.07) is 15.2. The van der Waals surface area contributed by atoms with Crippen molar-refractivity contribution >= 4 is 28.0 Å². The number of ketones is 1. The number of nitriles is 1. The number of ether oxygens (including phenoxy) is 1. The average Bonchev–Trinajstić information content (AvgIpc) is 3.14. The quantitative estimate of drug-likeness (QED) is 0.656. The summed E-state index contributed by atoms with van der Waals surface area (Å²) in [5.41, 5.74) is 1.21. The Morgan fingerprint density at radius 1 is 1.04 bits per heavy atom. The number of benzene rings is 2. The topological polar surface area (TPSA) is 79.2 Å². The minimum absolute atomic E-state index is 0.228. The fraction of sp³-hybridized carbons (Fsp3) is 0.0500. The number of amides is 1. The van der Waals surface area contributed by atoms with Crippen LogP contribution in [0.15, 0.2) is 60.0 Å². The van der Waals surface area contributed by atoms with Gasteiger partial charge in [0.25, 0.3) is 5.91 Å². The molecule has 0 aliphatic carbocycles. The van der Waals surface area contributed by atoms with Gasteiger partial charge in [-0.25, -0.2) is 4.39 Å². The van der Waals surface area contributed by atoms with Crippen LogP contribution in [-0.4, -0.2) is 18.3 Å². The van der Waals surface area contributed by atoms with Crippen molar-refractivity contribution in [2.75, 3.05) is 11.9 Å². The first-order valence-corrected chi connectivity index (χ1v) is 8.75. The lowest BCUT2D eigenvalue weighted by Gasteiger charge is -2.07. The van der Waals surface area contributed by atoms with Gasteiger partial charge in [0.1, 0.15) is 22.6 Å². The molecular weight excluding hydrogens is 367 g/mol. The van der Waals surface area contributed by atoms with Crippen molar-refractivity contribution in [3.63, 3.8) is 0 Å². The molecule has 5 nitrogen and oxygen atoms in total. The summed E-state index contributed by atoms with van der Waals surface area (Å²) in [4.78, 5) is 24.2. The van der Waals surface area contributed by atoms with E-state index in [1.807, 2.05) is 6.07 Å². The number of nitrogens with zero attached hydrogens (tertiary/aromatic N) is 1. The van der Waals surface area contributed by atoms with E-state index in [1.54, 1.807) is 35.7 Å². The molecular formula is C20H13FN2O3S. The number of rotatable bonds is 6. The van der Waals surface area contributed by atoms with E-state index in [0.29, 0.717) is 27.4 Å². The SMILES string of the molecule is N#Cc1ccsc1NC(=O)COc1ccc(C(=O)c2ccc(F)cc2)cc1. The van der Waals surface area contributed by atoms with Crippen molar-refractivity contribution in [2.45, 2.75) is 0 Å². The first kappa shape index (κ1) is 18.3. The lowest BCUT2D eigenvalue weighted by Crippen LogP contribution is -2.20. The Bertz CT molecular complexity index is 1000. The van der Waals surface area contributed by atoms with Crippen molar-refractivity contribution in [2.24, 2.45) is 0 Å². The van der Waals surface area contributed by atoms with Crippen molar-refractivity contribution in [3.05, 3.63) is 82.5 Å². The van der Waals surface area contributed by atoms with Gasteiger partial charge >= 0.3 is 0 Å². The lowest BCUT2D eigenvalue weighted by molar-refractivity contribution is -0.118. The maximum Gasteiger partial charge on any atom is 0.262 e. The Labute approximate surface area is 158 Å². The summed E-state index contributed by atoms with van der Waals surface area (Å²) in [5.74, 6) is -0.605. The van der Waals surface area contributed by atoms with Crippen molar-refractivity contribution < 1.29 is 18.7 Å². The third-order valence-corrected chi connectivity index (χ3v) is 4.46. The number of hydrogen-bond acceptors (Lipinski definition) is 5. The first-order valence-electron chi connectivity index (χ1n) is 7.87. The molecule has 3 aromatic rings. The number of thiophene rings is 1. The largest absolute Gasteiger partial charge is 0.484 e. The van der Waals surface area contributed by atoms with Gasteiger partial charge in [-0.3, -0.25) is 9.59 Å². The van der Waals surface area contributed by atoms with Gasteiger partial charge in [0.2, 0.25) is 0 Å². The lowest BCUT2D eigenvalue weighted by atomic mass is 10.0. The molecule has 134 valence electrons. The molecule has 0 aliphatic heterocycles. The number of carbonyl (C=O) groups excluding carboxylic acids is 2. The Kier molecular flexibility index (Phi) is 5.59. The molecule has 1 aromatic heterocycles. The van der Waals surface area contributed by atoms with Gasteiger partial charge in [-0.1, -0.05) is 0 Å². The van der Waals surface area contributed by atoms with E-state index in [2.05, 4.69) is 5.32 Å². The third-order valence-electron chi connectivity index (χ3n) is 3.63. The number of anilines is 1. The van der Waals surface area contributed by atoms with Gasteiger partial charge in [0.05, 0.1) is 5.56 Å². The maximum absolute atomic E-state index is 12.9. The molecule has 3 rings (SSSR count). The van der Waals surface area contributed by atoms with Crippen LogP contribution in [0.3, 0.4) is 0 Å². The van der Waals surface area contributed by atoms with Crippen LogP contribution in [0.4, 0.5) is 9.39 Å². The molecule has 1 amide bonds. The van der Waals surface area contributed by atoms with Crippen molar-refractivity contribution in [1.29, 1.82) is 5.26 Å². The fourth-order valence-corrected chi connectivity index (χ4v) is 3.03. The van der Waals surface area contributed by atoms with Gasteiger partial charge < -0.3 is 10.1 Å². The monoisotopic (exact) mass is 380 g/mol. The Morgan fingerprint density at radius 2 is 1.67 bits per heavy atom. The fourth-order valence-electron chi connectivity index (χ4n) is 2.28. The summed E-state index contributed by atoms with van der Waals surface area (Å²) in [5, 5.41) is 13.7. The van der Waals surface area contributed by atoms with E-state index in [-0.39, 0.29) is 18.3 Å². The van der Waals surface area contributed by atoms with E-state index in [1.165, 1.54) is 35.6 Å². The number of nitrogens with one attached hydrogen (secondary N) is 1. The van der Waals surface area contributed by atoms with Crippen molar-refractivity contribution in [1.82, 2.24) is 0 Å². The van der Waals surface area contributed by atoms with E-state index < -0.39 is 5.82 Å². The van der Waals surface area contributed by atoms with Crippen LogP contribution >= 0.6 is 11.3 Å². The van der Waals surface area contributed by atoms with Crippen LogP contribution in [0.25, 0.3) is 0 Å². The Morgan fingerprint density at radius 3 is 2.30 bits per heavy atom. The van der Waals surface area contributed by atoms with Gasteiger partial charge in [0, 0.05) is 11.1 Å². The van der Waals surface area contributed by atoms with Crippen LogP contribution < -0.4 is 10.1 Å². The van der Waals surface area contributed by atoms with Crippen LogP contribution in [0.1, 0.15) is 21.5 Å². The van der Waals surface area contributed by atoms with Gasteiger partial charge in [-0.05, 0) is 60.0 Å². The molecule has 0 saturated heterocycles. The molecule has 0 aliphatic rings. The highest BCUT2D eigenvalue weighted by Crippen LogP contribution is 2.22. The standard InChI is InChI=1S/C20H13FN2O3S/c21-16-5-1-13(2-6-16)19(25)14-3-7-17(8-4-14)26-12-18(24)23-20-15(11-22)9-10-27-20/h1-10H,12H2,(H,23,24). The highest BCUT2D eigenvalue weighted by Gasteiger charge is 2.11. The molecule has 0 atom stereocenters. The predicted molar refractivity (Wildman–Crippen MR) is 99.4 cm³/mol. The minimum Gasteiger partial charge on any atom is -0.484 e. The summed E-state index contributed by atoms with van der Waals surface area (Å²) >= 11 is 1.26. The Hall–Kier alpha value is -3.50. The van der Waals surface area contributed by atoms with E-state index >= 15 is 0 Å². The zero-order valence-electron chi connectivity index (χ0n) is 13.9. The van der Waals surface area contributed by atoms with Crippen LogP contribution in [0.2, 0.25) is 0 Å². The second-order valence-corrected chi connectivity index (χ2v) is 6.39. The van der Waals surface area contributed by atoms with Gasteiger partial charge in [-0.15, -0.1) is 11.3 Å². The third kappa shape index (κ3) is 4.57. The molecule has 2 aromatic carbocycles. The summed E-state index contributed by atoms with van der Waals surface area (Å²) < 4.78 is 18.3. The van der Waals surface area contributed by atoms with E-state index in [9.17, 15) is 14.0 Å². The molecule has 0 unspecified atom stereocenters. The maximum atomic E-state index is 12.9.